The predicted molar refractivity (Wildman–Crippen MR) is 125 cm³/mol. The van der Waals surface area contributed by atoms with Gasteiger partial charge in [-0.05, 0) is 26.3 Å². The third kappa shape index (κ3) is 5.09. The monoisotopic (exact) mass is 430 g/mol. The number of hydrogen-bond donors (Lipinski definition) is 1. The highest BCUT2D eigenvalue weighted by Crippen LogP contribution is 2.24. The highest BCUT2D eigenvalue weighted by Gasteiger charge is 2.14. The highest BCUT2D eigenvalue weighted by molar-refractivity contribution is 7.13. The Bertz CT molecular complexity index is 1180. The molecule has 0 saturated carbocycles. The normalized spacial score (nSPS) is 10.9. The van der Waals surface area contributed by atoms with Gasteiger partial charge in [-0.3, -0.25) is 9.48 Å². The van der Waals surface area contributed by atoms with Gasteiger partial charge in [0.15, 0.2) is 0 Å². The highest BCUT2D eigenvalue weighted by atomic mass is 32.1. The molecule has 2 aromatic heterocycles. The van der Waals surface area contributed by atoms with Crippen molar-refractivity contribution in [2.24, 2.45) is 0 Å². The molecule has 4 aromatic rings. The molecule has 31 heavy (non-hydrogen) atoms. The number of aryl methyl sites for hydroxylation is 2. The molecule has 6 heteroatoms. The first-order valence-electron chi connectivity index (χ1n) is 10.3. The molecule has 5 nitrogen and oxygen atoms in total. The molecule has 0 aliphatic carbocycles. The molecule has 0 aliphatic heterocycles. The van der Waals surface area contributed by atoms with Crippen molar-refractivity contribution in [3.05, 3.63) is 93.7 Å². The molecule has 2 aromatic carbocycles. The zero-order valence-electron chi connectivity index (χ0n) is 18.1. The molecule has 2 heterocycles. The zero-order valence-corrected chi connectivity index (χ0v) is 18.9. The molecule has 0 spiro atoms. The summed E-state index contributed by atoms with van der Waals surface area (Å²) in [5, 5.41) is 10.6. The van der Waals surface area contributed by atoms with Crippen molar-refractivity contribution in [2.45, 2.75) is 40.3 Å². The standard InChI is InChI=1S/C25H26N4OS/c1-17-9-11-21(12-10-17)25-27-22(16-31-25)13-24(30)26-14-23-18(2)28-29(19(23)3)15-20-7-5-4-6-8-20/h4-12,16H,13-15H2,1-3H3,(H,26,30). The van der Waals surface area contributed by atoms with Crippen molar-refractivity contribution >= 4 is 17.2 Å². The molecule has 0 unspecified atom stereocenters. The molecule has 0 aliphatic rings. The first-order chi connectivity index (χ1) is 15.0. The number of benzene rings is 2. The lowest BCUT2D eigenvalue weighted by molar-refractivity contribution is -0.120. The van der Waals surface area contributed by atoms with Crippen LogP contribution in [0.15, 0.2) is 60.0 Å². The topological polar surface area (TPSA) is 59.8 Å². The summed E-state index contributed by atoms with van der Waals surface area (Å²) in [6.45, 7) is 7.31. The number of thiazole rings is 1. The van der Waals surface area contributed by atoms with Gasteiger partial charge in [0.1, 0.15) is 5.01 Å². The van der Waals surface area contributed by atoms with Gasteiger partial charge < -0.3 is 5.32 Å². The molecule has 1 amide bonds. The number of carbonyl (C=O) groups excluding carboxylic acids is 1. The maximum atomic E-state index is 12.5. The lowest BCUT2D eigenvalue weighted by atomic mass is 10.1. The van der Waals surface area contributed by atoms with E-state index >= 15 is 0 Å². The summed E-state index contributed by atoms with van der Waals surface area (Å²) in [6, 6.07) is 18.5. The Kier molecular flexibility index (Phi) is 6.28. The van der Waals surface area contributed by atoms with Crippen LogP contribution < -0.4 is 5.32 Å². The third-order valence-corrected chi connectivity index (χ3v) is 6.30. The predicted octanol–water partition coefficient (Wildman–Crippen LogP) is 4.84. The molecule has 0 fully saturated rings. The summed E-state index contributed by atoms with van der Waals surface area (Å²) >= 11 is 1.57. The van der Waals surface area contributed by atoms with Crippen LogP contribution in [-0.4, -0.2) is 20.7 Å². The molecule has 158 valence electrons. The smallest absolute Gasteiger partial charge is 0.226 e. The van der Waals surface area contributed by atoms with E-state index in [1.165, 1.54) is 11.1 Å². The van der Waals surface area contributed by atoms with E-state index in [-0.39, 0.29) is 12.3 Å². The fraction of sp³-hybridized carbons (Fsp3) is 0.240. The minimum atomic E-state index is -0.0321. The number of hydrogen-bond acceptors (Lipinski definition) is 4. The van der Waals surface area contributed by atoms with E-state index in [9.17, 15) is 4.79 Å². The van der Waals surface area contributed by atoms with Crippen LogP contribution in [0.5, 0.6) is 0 Å². The summed E-state index contributed by atoms with van der Waals surface area (Å²) in [5.41, 5.74) is 7.41. The van der Waals surface area contributed by atoms with Crippen molar-refractivity contribution in [1.29, 1.82) is 0 Å². The van der Waals surface area contributed by atoms with Crippen LogP contribution in [0.1, 0.15) is 33.8 Å². The SMILES string of the molecule is Cc1ccc(-c2nc(CC(=O)NCc3c(C)nn(Cc4ccccc4)c3C)cs2)cc1. The number of amides is 1. The van der Waals surface area contributed by atoms with Gasteiger partial charge in [-0.25, -0.2) is 4.98 Å². The molecule has 0 bridgehead atoms. The lowest BCUT2D eigenvalue weighted by Crippen LogP contribution is -2.25. The number of nitrogens with zero attached hydrogens (tertiary/aromatic N) is 3. The van der Waals surface area contributed by atoms with E-state index in [2.05, 4.69) is 65.6 Å². The average molecular weight is 431 g/mol. The second-order valence-corrected chi connectivity index (χ2v) is 8.61. The molecule has 0 saturated heterocycles. The Labute approximate surface area is 186 Å². The van der Waals surface area contributed by atoms with Crippen molar-refractivity contribution < 1.29 is 4.79 Å². The molecule has 0 atom stereocenters. The first kappa shape index (κ1) is 21.0. The van der Waals surface area contributed by atoms with Crippen LogP contribution in [0.25, 0.3) is 10.6 Å². The summed E-state index contributed by atoms with van der Waals surface area (Å²) in [7, 11) is 0. The Balaban J connectivity index is 1.36. The number of rotatable bonds is 7. The van der Waals surface area contributed by atoms with Gasteiger partial charge in [0.25, 0.3) is 0 Å². The molecule has 0 radical (unpaired) electrons. The Morgan fingerprint density at radius 3 is 2.52 bits per heavy atom. The minimum Gasteiger partial charge on any atom is -0.352 e. The fourth-order valence-electron chi connectivity index (χ4n) is 3.53. The van der Waals surface area contributed by atoms with Crippen molar-refractivity contribution in [2.75, 3.05) is 0 Å². The Morgan fingerprint density at radius 2 is 1.77 bits per heavy atom. The van der Waals surface area contributed by atoms with Crippen LogP contribution in [0.4, 0.5) is 0 Å². The zero-order chi connectivity index (χ0) is 21.8. The fourth-order valence-corrected chi connectivity index (χ4v) is 4.36. The lowest BCUT2D eigenvalue weighted by Gasteiger charge is -2.07. The second kappa shape index (κ2) is 9.27. The van der Waals surface area contributed by atoms with E-state index < -0.39 is 0 Å². The molecular formula is C25H26N4OS. The Morgan fingerprint density at radius 1 is 1.03 bits per heavy atom. The maximum Gasteiger partial charge on any atom is 0.226 e. The van der Waals surface area contributed by atoms with Crippen LogP contribution in [-0.2, 0) is 24.3 Å². The summed E-state index contributed by atoms with van der Waals surface area (Å²) in [6.07, 6.45) is 0.276. The summed E-state index contributed by atoms with van der Waals surface area (Å²) in [4.78, 5) is 17.2. The second-order valence-electron chi connectivity index (χ2n) is 7.76. The van der Waals surface area contributed by atoms with Crippen LogP contribution in [0.2, 0.25) is 0 Å². The van der Waals surface area contributed by atoms with Crippen LogP contribution in [0, 0.1) is 20.8 Å². The molecular weight excluding hydrogens is 404 g/mol. The van der Waals surface area contributed by atoms with Crippen LogP contribution >= 0.6 is 11.3 Å². The van der Waals surface area contributed by atoms with Gasteiger partial charge in [-0.2, -0.15) is 5.10 Å². The van der Waals surface area contributed by atoms with Gasteiger partial charge in [-0.15, -0.1) is 11.3 Å². The van der Waals surface area contributed by atoms with Crippen molar-refractivity contribution in [3.8, 4) is 10.6 Å². The third-order valence-electron chi connectivity index (χ3n) is 5.36. The Hall–Kier alpha value is -3.25. The van der Waals surface area contributed by atoms with Gasteiger partial charge in [0, 0.05) is 28.7 Å². The van der Waals surface area contributed by atoms with E-state index in [1.54, 1.807) is 11.3 Å². The molecule has 1 N–H and O–H groups in total. The van der Waals surface area contributed by atoms with Crippen LogP contribution in [0.3, 0.4) is 0 Å². The van der Waals surface area contributed by atoms with Gasteiger partial charge in [-0.1, -0.05) is 60.2 Å². The van der Waals surface area contributed by atoms with Gasteiger partial charge in [0.2, 0.25) is 5.91 Å². The number of nitrogens with one attached hydrogen (secondary N) is 1. The van der Waals surface area contributed by atoms with E-state index in [1.807, 2.05) is 35.2 Å². The van der Waals surface area contributed by atoms with Gasteiger partial charge in [0.05, 0.1) is 24.4 Å². The minimum absolute atomic E-state index is 0.0321. The van der Waals surface area contributed by atoms with E-state index in [0.29, 0.717) is 6.54 Å². The largest absolute Gasteiger partial charge is 0.352 e. The van der Waals surface area contributed by atoms with E-state index in [0.717, 1.165) is 39.8 Å². The van der Waals surface area contributed by atoms with Crippen molar-refractivity contribution in [3.63, 3.8) is 0 Å². The quantitative estimate of drug-likeness (QED) is 0.456. The number of aromatic nitrogens is 3. The van der Waals surface area contributed by atoms with Gasteiger partial charge >= 0.3 is 0 Å². The molecule has 4 rings (SSSR count). The number of carbonyl (C=O) groups is 1. The maximum absolute atomic E-state index is 12.5. The summed E-state index contributed by atoms with van der Waals surface area (Å²) < 4.78 is 2.00. The first-order valence-corrected chi connectivity index (χ1v) is 11.2. The average Bonchev–Trinajstić information content (AvgIpc) is 3.32. The van der Waals surface area contributed by atoms with Crippen molar-refractivity contribution in [1.82, 2.24) is 20.1 Å². The van der Waals surface area contributed by atoms with E-state index in [4.69, 9.17) is 0 Å². The summed E-state index contributed by atoms with van der Waals surface area (Å²) in [5.74, 6) is -0.0321.